The number of benzene rings is 1. The first-order chi connectivity index (χ1) is 8.10. The molecule has 0 saturated carbocycles. The van der Waals surface area contributed by atoms with E-state index in [1.807, 2.05) is 12.1 Å². The van der Waals surface area contributed by atoms with E-state index < -0.39 is 0 Å². The summed E-state index contributed by atoms with van der Waals surface area (Å²) in [7, 11) is 0. The topological polar surface area (TPSA) is 59.1 Å². The Morgan fingerprint density at radius 2 is 2.12 bits per heavy atom. The molecule has 94 valence electrons. The number of nitrogens with one attached hydrogen (secondary N) is 1. The fourth-order valence-electron chi connectivity index (χ4n) is 1.64. The minimum atomic E-state index is 0.0706. The lowest BCUT2D eigenvalue weighted by Crippen LogP contribution is -2.14. The first-order valence-corrected chi connectivity index (χ1v) is 6.21. The van der Waals surface area contributed by atoms with Crippen molar-refractivity contribution in [3.05, 3.63) is 29.3 Å². The first-order valence-electron chi connectivity index (χ1n) is 6.21. The lowest BCUT2D eigenvalue weighted by atomic mass is 9.96. The van der Waals surface area contributed by atoms with Gasteiger partial charge in [-0.1, -0.05) is 26.8 Å². The maximum Gasteiger partial charge on any atom is 0.130 e. The van der Waals surface area contributed by atoms with E-state index in [1.165, 1.54) is 5.56 Å². The summed E-state index contributed by atoms with van der Waals surface area (Å²) in [6.45, 7) is 7.04. The second-order valence-corrected chi connectivity index (χ2v) is 4.33. The van der Waals surface area contributed by atoms with Gasteiger partial charge >= 0.3 is 0 Å². The van der Waals surface area contributed by atoms with Gasteiger partial charge in [-0.2, -0.15) is 0 Å². The molecule has 0 spiro atoms. The van der Waals surface area contributed by atoms with Crippen molar-refractivity contribution in [2.75, 3.05) is 6.61 Å². The van der Waals surface area contributed by atoms with E-state index >= 15 is 0 Å². The average molecular weight is 234 g/mol. The normalized spacial score (nSPS) is 12.2. The van der Waals surface area contributed by atoms with Gasteiger partial charge in [0.2, 0.25) is 0 Å². The average Bonchev–Trinajstić information content (AvgIpc) is 2.35. The van der Waals surface area contributed by atoms with Gasteiger partial charge in [0.1, 0.15) is 11.6 Å². The summed E-state index contributed by atoms with van der Waals surface area (Å²) in [5.74, 6) is 1.26. The number of nitrogen functional groups attached to an aromatic ring is 1. The predicted molar refractivity (Wildman–Crippen MR) is 72.0 cm³/mol. The Labute approximate surface area is 103 Å². The predicted octanol–water partition coefficient (Wildman–Crippen LogP) is 3.27. The Kier molecular flexibility index (Phi) is 5.01. The van der Waals surface area contributed by atoms with Crippen LogP contribution in [0.15, 0.2) is 18.2 Å². The summed E-state index contributed by atoms with van der Waals surface area (Å²) in [5.41, 5.74) is 7.51. The summed E-state index contributed by atoms with van der Waals surface area (Å²) in [5, 5.41) is 7.60. The maximum absolute atomic E-state index is 7.60. The first kappa shape index (κ1) is 13.6. The van der Waals surface area contributed by atoms with Crippen molar-refractivity contribution in [2.24, 2.45) is 5.73 Å². The SMILES string of the molecule is CCCOc1ccc(C(C)CC)cc1C(=N)N. The molecule has 0 aliphatic carbocycles. The molecule has 1 aromatic rings. The highest BCUT2D eigenvalue weighted by Gasteiger charge is 2.10. The lowest BCUT2D eigenvalue weighted by molar-refractivity contribution is 0.316. The third-order valence-corrected chi connectivity index (χ3v) is 2.94. The molecule has 0 saturated heterocycles. The zero-order chi connectivity index (χ0) is 12.8. The van der Waals surface area contributed by atoms with E-state index in [9.17, 15) is 0 Å². The Bertz CT molecular complexity index is 388. The number of hydrogen-bond donors (Lipinski definition) is 2. The Morgan fingerprint density at radius 1 is 1.41 bits per heavy atom. The van der Waals surface area contributed by atoms with E-state index in [-0.39, 0.29) is 5.84 Å². The quantitative estimate of drug-likeness (QED) is 0.586. The van der Waals surface area contributed by atoms with Crippen molar-refractivity contribution in [3.63, 3.8) is 0 Å². The molecule has 1 rings (SSSR count). The van der Waals surface area contributed by atoms with Crippen LogP contribution in [0.1, 0.15) is 50.7 Å². The largest absolute Gasteiger partial charge is 0.493 e. The molecule has 0 heterocycles. The standard InChI is InChI=1S/C14H22N2O/c1-4-8-17-13-7-6-11(10(3)5-2)9-12(13)14(15)16/h6-7,9-10H,4-5,8H2,1-3H3,(H3,15,16). The fraction of sp³-hybridized carbons (Fsp3) is 0.500. The molecule has 3 N–H and O–H groups in total. The van der Waals surface area contributed by atoms with Gasteiger partial charge in [-0.3, -0.25) is 5.41 Å². The molecule has 3 nitrogen and oxygen atoms in total. The van der Waals surface area contributed by atoms with Gasteiger partial charge < -0.3 is 10.5 Å². The van der Waals surface area contributed by atoms with Gasteiger partial charge in [0.25, 0.3) is 0 Å². The van der Waals surface area contributed by atoms with Crippen molar-refractivity contribution in [1.82, 2.24) is 0 Å². The Morgan fingerprint density at radius 3 is 2.65 bits per heavy atom. The maximum atomic E-state index is 7.60. The van der Waals surface area contributed by atoms with Crippen LogP contribution in [-0.4, -0.2) is 12.4 Å². The second-order valence-electron chi connectivity index (χ2n) is 4.33. The summed E-state index contributed by atoms with van der Waals surface area (Å²) in [4.78, 5) is 0. The van der Waals surface area contributed by atoms with Crippen molar-refractivity contribution >= 4 is 5.84 Å². The van der Waals surface area contributed by atoms with Gasteiger partial charge in [-0.05, 0) is 36.5 Å². The summed E-state index contributed by atoms with van der Waals surface area (Å²) < 4.78 is 5.60. The summed E-state index contributed by atoms with van der Waals surface area (Å²) >= 11 is 0. The van der Waals surface area contributed by atoms with E-state index in [1.54, 1.807) is 0 Å². The number of amidine groups is 1. The van der Waals surface area contributed by atoms with Crippen LogP contribution >= 0.6 is 0 Å². The molecule has 1 unspecified atom stereocenters. The van der Waals surface area contributed by atoms with Crippen molar-refractivity contribution in [1.29, 1.82) is 5.41 Å². The van der Waals surface area contributed by atoms with E-state index in [0.717, 1.165) is 12.8 Å². The molecule has 0 amide bonds. The minimum Gasteiger partial charge on any atom is -0.493 e. The van der Waals surface area contributed by atoms with Gasteiger partial charge in [0.05, 0.1) is 12.2 Å². The highest BCUT2D eigenvalue weighted by molar-refractivity contribution is 5.97. The zero-order valence-electron chi connectivity index (χ0n) is 10.9. The smallest absolute Gasteiger partial charge is 0.130 e. The Hall–Kier alpha value is -1.51. The molecule has 0 aliphatic heterocycles. The van der Waals surface area contributed by atoms with Crippen molar-refractivity contribution in [2.45, 2.75) is 39.5 Å². The monoisotopic (exact) mass is 234 g/mol. The van der Waals surface area contributed by atoms with E-state index in [0.29, 0.717) is 23.8 Å². The molecule has 3 heteroatoms. The van der Waals surface area contributed by atoms with E-state index in [4.69, 9.17) is 15.9 Å². The van der Waals surface area contributed by atoms with Crippen LogP contribution in [-0.2, 0) is 0 Å². The van der Waals surface area contributed by atoms with Gasteiger partial charge in [0, 0.05) is 0 Å². The van der Waals surface area contributed by atoms with Crippen LogP contribution in [0.3, 0.4) is 0 Å². The lowest BCUT2D eigenvalue weighted by Gasteiger charge is -2.14. The third kappa shape index (κ3) is 3.48. The van der Waals surface area contributed by atoms with Crippen molar-refractivity contribution in [3.8, 4) is 5.75 Å². The van der Waals surface area contributed by atoms with Gasteiger partial charge in [0.15, 0.2) is 0 Å². The highest BCUT2D eigenvalue weighted by Crippen LogP contribution is 2.25. The molecular weight excluding hydrogens is 212 g/mol. The van der Waals surface area contributed by atoms with Crippen LogP contribution in [0.5, 0.6) is 5.75 Å². The molecule has 0 aliphatic rings. The molecule has 0 bridgehead atoms. The molecule has 0 radical (unpaired) electrons. The Balaban J connectivity index is 3.03. The van der Waals surface area contributed by atoms with Crippen LogP contribution in [0.25, 0.3) is 0 Å². The van der Waals surface area contributed by atoms with Crippen LogP contribution in [0.4, 0.5) is 0 Å². The van der Waals surface area contributed by atoms with Crippen LogP contribution < -0.4 is 10.5 Å². The molecule has 0 fully saturated rings. The van der Waals surface area contributed by atoms with Gasteiger partial charge in [-0.15, -0.1) is 0 Å². The van der Waals surface area contributed by atoms with E-state index in [2.05, 4.69) is 26.8 Å². The van der Waals surface area contributed by atoms with Crippen LogP contribution in [0.2, 0.25) is 0 Å². The number of nitrogens with two attached hydrogens (primary N) is 1. The van der Waals surface area contributed by atoms with Gasteiger partial charge in [-0.25, -0.2) is 0 Å². The zero-order valence-corrected chi connectivity index (χ0v) is 10.9. The number of ether oxygens (including phenoxy) is 1. The molecular formula is C14H22N2O. The third-order valence-electron chi connectivity index (χ3n) is 2.94. The fourth-order valence-corrected chi connectivity index (χ4v) is 1.64. The highest BCUT2D eigenvalue weighted by atomic mass is 16.5. The summed E-state index contributed by atoms with van der Waals surface area (Å²) in [6, 6.07) is 5.96. The van der Waals surface area contributed by atoms with Crippen LogP contribution in [0, 0.1) is 5.41 Å². The minimum absolute atomic E-state index is 0.0706. The summed E-state index contributed by atoms with van der Waals surface area (Å²) in [6.07, 6.45) is 2.02. The second kappa shape index (κ2) is 6.28. The number of rotatable bonds is 6. The molecule has 0 aromatic heterocycles. The van der Waals surface area contributed by atoms with Crippen molar-refractivity contribution < 1.29 is 4.74 Å². The molecule has 1 aromatic carbocycles. The molecule has 17 heavy (non-hydrogen) atoms. The number of hydrogen-bond acceptors (Lipinski definition) is 2. The molecule has 1 atom stereocenters.